The van der Waals surface area contributed by atoms with Gasteiger partial charge in [0.1, 0.15) is 11.5 Å². The van der Waals surface area contributed by atoms with Crippen molar-refractivity contribution < 1.29 is 23.7 Å². The number of nitrogens with one attached hydrogen (secondary N) is 2. The summed E-state index contributed by atoms with van der Waals surface area (Å²) in [6.07, 6.45) is 2.08. The Labute approximate surface area is 223 Å². The van der Waals surface area contributed by atoms with Crippen LogP contribution in [0.4, 0.5) is 11.4 Å². The highest BCUT2D eigenvalue weighted by Gasteiger charge is 2.37. The predicted molar refractivity (Wildman–Crippen MR) is 149 cm³/mol. The van der Waals surface area contributed by atoms with Crippen LogP contribution in [0.2, 0.25) is 0 Å². The molecule has 1 aliphatic heterocycles. The smallest absolute Gasteiger partial charge is 0.164 e. The van der Waals surface area contributed by atoms with E-state index < -0.39 is 6.04 Å². The first-order chi connectivity index (χ1) is 18.6. The van der Waals surface area contributed by atoms with Gasteiger partial charge in [-0.3, -0.25) is 4.79 Å². The first kappa shape index (κ1) is 25.5. The lowest BCUT2D eigenvalue weighted by molar-refractivity contribution is -0.116. The number of ether oxygens (including phenoxy) is 4. The standard InChI is InChI=1S/C31H34N2O5/c1-5-14-38-21-12-10-19(11-13-21)20-15-25-30(26(34)16-20)31(33-24-9-7-6-8-23(24)32-25)22-17-28(36-3)29(37-4)18-27(22)35-2/h6-13,17-18,20,31-33H,5,14-16H2,1-4H3. The van der Waals surface area contributed by atoms with Crippen LogP contribution in [0, 0.1) is 0 Å². The van der Waals surface area contributed by atoms with Crippen LogP contribution in [0.1, 0.15) is 49.3 Å². The minimum absolute atomic E-state index is 0.0622. The van der Waals surface area contributed by atoms with Crippen LogP contribution in [0.3, 0.4) is 0 Å². The van der Waals surface area contributed by atoms with E-state index in [1.165, 1.54) is 0 Å². The fourth-order valence-corrected chi connectivity index (χ4v) is 5.30. The summed E-state index contributed by atoms with van der Waals surface area (Å²) < 4.78 is 22.6. The molecule has 2 unspecified atom stereocenters. The highest BCUT2D eigenvalue weighted by molar-refractivity contribution is 6.01. The zero-order valence-corrected chi connectivity index (χ0v) is 22.3. The van der Waals surface area contributed by atoms with Crippen LogP contribution >= 0.6 is 0 Å². The molecule has 0 bridgehead atoms. The number of anilines is 2. The largest absolute Gasteiger partial charge is 0.496 e. The third-order valence-electron chi connectivity index (χ3n) is 7.18. The molecule has 0 fully saturated rings. The highest BCUT2D eigenvalue weighted by atomic mass is 16.5. The topological polar surface area (TPSA) is 78.1 Å². The molecule has 0 saturated heterocycles. The quantitative estimate of drug-likeness (QED) is 0.356. The van der Waals surface area contributed by atoms with Gasteiger partial charge in [-0.15, -0.1) is 0 Å². The van der Waals surface area contributed by atoms with Gasteiger partial charge in [0.2, 0.25) is 0 Å². The monoisotopic (exact) mass is 514 g/mol. The van der Waals surface area contributed by atoms with Gasteiger partial charge in [0, 0.05) is 29.3 Å². The number of fused-ring (bicyclic) bond motifs is 1. The SMILES string of the molecule is CCCOc1ccc(C2CC(=O)C3=C(C2)Nc2ccccc2NC3c2cc(OC)c(OC)cc2OC)cc1. The second-order valence-electron chi connectivity index (χ2n) is 9.54. The number of rotatable bonds is 8. The van der Waals surface area contributed by atoms with Crippen molar-refractivity contribution in [2.75, 3.05) is 38.6 Å². The number of ketones is 1. The Morgan fingerprint density at radius 2 is 1.53 bits per heavy atom. The van der Waals surface area contributed by atoms with Crippen molar-refractivity contribution in [1.29, 1.82) is 0 Å². The first-order valence-corrected chi connectivity index (χ1v) is 13.0. The molecule has 38 heavy (non-hydrogen) atoms. The van der Waals surface area contributed by atoms with Crippen LogP contribution < -0.4 is 29.6 Å². The lowest BCUT2D eigenvalue weighted by Crippen LogP contribution is -2.27. The Kier molecular flexibility index (Phi) is 7.45. The van der Waals surface area contributed by atoms with Gasteiger partial charge in [-0.25, -0.2) is 0 Å². The Morgan fingerprint density at radius 3 is 2.21 bits per heavy atom. The number of carbonyl (C=O) groups is 1. The zero-order valence-electron chi connectivity index (χ0n) is 22.3. The molecule has 3 aromatic rings. The molecule has 2 N–H and O–H groups in total. The third-order valence-corrected chi connectivity index (χ3v) is 7.18. The number of para-hydroxylation sites is 2. The van der Waals surface area contributed by atoms with E-state index in [-0.39, 0.29) is 11.7 Å². The van der Waals surface area contributed by atoms with Crippen molar-refractivity contribution in [1.82, 2.24) is 0 Å². The number of allylic oxidation sites excluding steroid dienone is 1. The van der Waals surface area contributed by atoms with Gasteiger partial charge in [-0.05, 0) is 54.7 Å². The molecule has 7 nitrogen and oxygen atoms in total. The number of benzene rings is 3. The summed E-state index contributed by atoms with van der Waals surface area (Å²) in [5.41, 5.74) is 5.40. The van der Waals surface area contributed by atoms with Gasteiger partial charge in [0.25, 0.3) is 0 Å². The molecule has 0 saturated carbocycles. The molecule has 2 atom stereocenters. The first-order valence-electron chi connectivity index (χ1n) is 13.0. The van der Waals surface area contributed by atoms with Crippen molar-refractivity contribution >= 4 is 17.2 Å². The molecule has 7 heteroatoms. The van der Waals surface area contributed by atoms with Gasteiger partial charge >= 0.3 is 0 Å². The molecule has 5 rings (SSSR count). The van der Waals surface area contributed by atoms with Gasteiger partial charge in [0.05, 0.1) is 45.4 Å². The summed E-state index contributed by atoms with van der Waals surface area (Å²) in [7, 11) is 4.82. The maximum Gasteiger partial charge on any atom is 0.164 e. The van der Waals surface area contributed by atoms with Crippen LogP contribution in [-0.4, -0.2) is 33.7 Å². The number of hydrogen-bond acceptors (Lipinski definition) is 7. The number of methoxy groups -OCH3 is 3. The second-order valence-corrected chi connectivity index (χ2v) is 9.54. The van der Waals surface area contributed by atoms with E-state index >= 15 is 0 Å². The highest BCUT2D eigenvalue weighted by Crippen LogP contribution is 2.47. The summed E-state index contributed by atoms with van der Waals surface area (Å²) in [6.45, 7) is 2.78. The number of carbonyl (C=O) groups excluding carboxylic acids is 1. The number of hydrogen-bond donors (Lipinski definition) is 2. The second kappa shape index (κ2) is 11.1. The minimum atomic E-state index is -0.436. The van der Waals surface area contributed by atoms with E-state index in [0.717, 1.165) is 40.4 Å². The van der Waals surface area contributed by atoms with E-state index in [9.17, 15) is 4.79 Å². The van der Waals surface area contributed by atoms with Crippen molar-refractivity contribution in [3.63, 3.8) is 0 Å². The summed E-state index contributed by atoms with van der Waals surface area (Å²) >= 11 is 0. The van der Waals surface area contributed by atoms with Crippen molar-refractivity contribution in [3.05, 3.63) is 83.1 Å². The van der Waals surface area contributed by atoms with Gasteiger partial charge in [0.15, 0.2) is 17.3 Å². The average molecular weight is 515 g/mol. The Hall–Kier alpha value is -4.13. The minimum Gasteiger partial charge on any atom is -0.496 e. The van der Waals surface area contributed by atoms with Crippen molar-refractivity contribution in [2.24, 2.45) is 0 Å². The fourth-order valence-electron chi connectivity index (χ4n) is 5.30. The van der Waals surface area contributed by atoms with Gasteiger partial charge in [-0.2, -0.15) is 0 Å². The van der Waals surface area contributed by atoms with E-state index in [1.54, 1.807) is 27.4 Å². The zero-order chi connectivity index (χ0) is 26.6. The molecule has 2 aliphatic rings. The number of Topliss-reactive ketones (excluding diaryl/α,β-unsaturated/α-hetero) is 1. The Morgan fingerprint density at radius 1 is 0.842 bits per heavy atom. The molecule has 198 valence electrons. The van der Waals surface area contributed by atoms with Crippen LogP contribution in [0.25, 0.3) is 0 Å². The lowest BCUT2D eigenvalue weighted by atomic mass is 9.78. The molecule has 0 spiro atoms. The van der Waals surface area contributed by atoms with Crippen LogP contribution in [0.5, 0.6) is 23.0 Å². The fraction of sp³-hybridized carbons (Fsp3) is 0.323. The average Bonchev–Trinajstić information content (AvgIpc) is 3.12. The maximum atomic E-state index is 13.9. The molecule has 1 aliphatic carbocycles. The predicted octanol–water partition coefficient (Wildman–Crippen LogP) is 6.48. The Bertz CT molecular complexity index is 1350. The van der Waals surface area contributed by atoms with E-state index in [2.05, 4.69) is 29.7 Å². The van der Waals surface area contributed by atoms with Gasteiger partial charge in [-0.1, -0.05) is 31.2 Å². The third kappa shape index (κ3) is 4.88. The Balaban J connectivity index is 1.57. The van der Waals surface area contributed by atoms with Crippen molar-refractivity contribution in [2.45, 2.75) is 38.1 Å². The molecular weight excluding hydrogens is 480 g/mol. The molecule has 0 amide bonds. The van der Waals surface area contributed by atoms with Gasteiger partial charge < -0.3 is 29.6 Å². The summed E-state index contributed by atoms with van der Waals surface area (Å²) in [5.74, 6) is 2.76. The van der Waals surface area contributed by atoms with Crippen LogP contribution in [-0.2, 0) is 4.79 Å². The summed E-state index contributed by atoms with van der Waals surface area (Å²) in [5, 5.41) is 7.21. The summed E-state index contributed by atoms with van der Waals surface area (Å²) in [6, 6.07) is 19.4. The lowest BCUT2D eigenvalue weighted by Gasteiger charge is -2.30. The molecular formula is C31H34N2O5. The van der Waals surface area contributed by atoms with E-state index in [0.29, 0.717) is 42.3 Å². The van der Waals surface area contributed by atoms with E-state index in [4.69, 9.17) is 18.9 Å². The van der Waals surface area contributed by atoms with E-state index in [1.807, 2.05) is 42.5 Å². The molecule has 1 heterocycles. The maximum absolute atomic E-state index is 13.9. The molecule has 3 aromatic carbocycles. The summed E-state index contributed by atoms with van der Waals surface area (Å²) in [4.78, 5) is 13.9. The normalized spacial score (nSPS) is 18.4. The molecule has 0 radical (unpaired) electrons. The van der Waals surface area contributed by atoms with Crippen molar-refractivity contribution in [3.8, 4) is 23.0 Å². The van der Waals surface area contributed by atoms with Crippen LogP contribution in [0.15, 0.2) is 71.9 Å². The molecule has 0 aromatic heterocycles.